The highest BCUT2D eigenvalue weighted by molar-refractivity contribution is 7.09. The number of rotatable bonds is 10. The molecule has 0 aliphatic carbocycles. The summed E-state index contributed by atoms with van der Waals surface area (Å²) in [7, 11) is 0. The van der Waals surface area contributed by atoms with Gasteiger partial charge < -0.3 is 19.9 Å². The summed E-state index contributed by atoms with van der Waals surface area (Å²) in [4.78, 5) is 18.0. The van der Waals surface area contributed by atoms with E-state index in [-0.39, 0.29) is 17.5 Å². The molecule has 0 aliphatic heterocycles. The van der Waals surface area contributed by atoms with Crippen LogP contribution in [-0.4, -0.2) is 48.6 Å². The van der Waals surface area contributed by atoms with Gasteiger partial charge >= 0.3 is 12.6 Å². The van der Waals surface area contributed by atoms with Crippen LogP contribution in [0.25, 0.3) is 0 Å². The van der Waals surface area contributed by atoms with E-state index in [0.717, 1.165) is 24.5 Å². The van der Waals surface area contributed by atoms with Crippen molar-refractivity contribution in [1.82, 2.24) is 9.80 Å². The van der Waals surface area contributed by atoms with Crippen molar-refractivity contribution in [2.24, 2.45) is 0 Å². The normalized spacial score (nSPS) is 11.1. The maximum absolute atomic E-state index is 13.0. The van der Waals surface area contributed by atoms with Gasteiger partial charge in [0.05, 0.1) is 12.2 Å². The van der Waals surface area contributed by atoms with E-state index < -0.39 is 6.61 Å². The minimum atomic E-state index is -2.96. The zero-order chi connectivity index (χ0) is 20.5. The third kappa shape index (κ3) is 6.45. The maximum atomic E-state index is 13.0. The Kier molecular flexibility index (Phi) is 8.66. The smallest absolute Gasteiger partial charge is 0.387 e. The number of anilines is 1. The van der Waals surface area contributed by atoms with Crippen molar-refractivity contribution in [1.29, 1.82) is 0 Å². The summed E-state index contributed by atoms with van der Waals surface area (Å²) in [6, 6.07) is 8.36. The van der Waals surface area contributed by atoms with Crippen LogP contribution in [0.4, 0.5) is 19.3 Å². The number of nitrogens with zero attached hydrogens (tertiary/aromatic N) is 2. The zero-order valence-electron chi connectivity index (χ0n) is 16.5. The second kappa shape index (κ2) is 11.0. The Morgan fingerprint density at radius 3 is 2.54 bits per heavy atom. The molecule has 0 atom stereocenters. The second-order valence-corrected chi connectivity index (χ2v) is 7.32. The molecule has 1 aromatic heterocycles. The van der Waals surface area contributed by atoms with Crippen molar-refractivity contribution in [2.45, 2.75) is 33.9 Å². The lowest BCUT2D eigenvalue weighted by atomic mass is 10.2. The molecular formula is C20H27F2N3O2S. The molecule has 0 fully saturated rings. The average Bonchev–Trinajstić information content (AvgIpc) is 3.17. The third-order valence-electron chi connectivity index (χ3n) is 4.48. The highest BCUT2D eigenvalue weighted by Crippen LogP contribution is 2.30. The number of alkyl halides is 2. The van der Waals surface area contributed by atoms with E-state index in [0.29, 0.717) is 18.7 Å². The molecule has 1 heterocycles. The number of likely N-dealkylation sites (N-methyl/N-ethyl adjacent to an activating group) is 1. The first kappa shape index (κ1) is 22.1. The number of amides is 2. The molecule has 1 aromatic carbocycles. The van der Waals surface area contributed by atoms with Crippen LogP contribution >= 0.6 is 11.3 Å². The van der Waals surface area contributed by atoms with E-state index in [9.17, 15) is 13.6 Å². The van der Waals surface area contributed by atoms with Crippen LogP contribution in [0.3, 0.4) is 0 Å². The molecule has 2 amide bonds. The summed E-state index contributed by atoms with van der Waals surface area (Å²) in [6.45, 7) is 6.47. The fraction of sp³-hybridized carbons (Fsp3) is 0.450. The molecule has 0 unspecified atom stereocenters. The lowest BCUT2D eigenvalue weighted by Crippen LogP contribution is -2.40. The van der Waals surface area contributed by atoms with Crippen molar-refractivity contribution < 1.29 is 18.3 Å². The van der Waals surface area contributed by atoms with Crippen LogP contribution in [0, 0.1) is 6.92 Å². The Balaban J connectivity index is 2.17. The molecule has 0 radical (unpaired) electrons. The summed E-state index contributed by atoms with van der Waals surface area (Å²) < 4.78 is 30.0. The topological polar surface area (TPSA) is 44.8 Å². The molecule has 8 heteroatoms. The zero-order valence-corrected chi connectivity index (χ0v) is 17.3. The molecule has 0 bridgehead atoms. The van der Waals surface area contributed by atoms with Crippen LogP contribution in [0.1, 0.15) is 24.3 Å². The fourth-order valence-electron chi connectivity index (χ4n) is 2.83. The van der Waals surface area contributed by atoms with Gasteiger partial charge in [-0.2, -0.15) is 8.78 Å². The van der Waals surface area contributed by atoms with E-state index in [2.05, 4.69) is 28.8 Å². The Hall–Kier alpha value is -2.19. The Labute approximate surface area is 168 Å². The number of thiophene rings is 1. The third-order valence-corrected chi connectivity index (χ3v) is 5.34. The van der Waals surface area contributed by atoms with E-state index in [1.54, 1.807) is 35.3 Å². The second-order valence-electron chi connectivity index (χ2n) is 6.28. The highest BCUT2D eigenvalue weighted by atomic mass is 32.1. The lowest BCUT2D eigenvalue weighted by molar-refractivity contribution is -0.0493. The molecule has 28 heavy (non-hydrogen) atoms. The van der Waals surface area contributed by atoms with Crippen LogP contribution in [0.15, 0.2) is 35.7 Å². The number of para-hydroxylation sites is 1. The van der Waals surface area contributed by atoms with Gasteiger partial charge in [0.2, 0.25) is 0 Å². The lowest BCUT2D eigenvalue weighted by Gasteiger charge is -2.27. The summed E-state index contributed by atoms with van der Waals surface area (Å²) >= 11 is 1.58. The molecule has 0 saturated heterocycles. The van der Waals surface area contributed by atoms with Gasteiger partial charge in [-0.05, 0) is 43.1 Å². The fourth-order valence-corrected chi connectivity index (χ4v) is 3.55. The molecule has 0 aliphatic rings. The van der Waals surface area contributed by atoms with Gasteiger partial charge in [-0.25, -0.2) is 4.79 Å². The number of hydrogen-bond donors (Lipinski definition) is 1. The van der Waals surface area contributed by atoms with Gasteiger partial charge in [-0.15, -0.1) is 11.3 Å². The van der Waals surface area contributed by atoms with E-state index in [1.165, 1.54) is 6.07 Å². The number of ether oxygens (including phenoxy) is 1. The molecular weight excluding hydrogens is 384 g/mol. The number of carbonyl (C=O) groups excluding carboxylic acids is 1. The number of halogens is 2. The van der Waals surface area contributed by atoms with Crippen molar-refractivity contribution in [3.05, 3.63) is 46.2 Å². The van der Waals surface area contributed by atoms with Crippen molar-refractivity contribution in [3.8, 4) is 5.75 Å². The van der Waals surface area contributed by atoms with E-state index >= 15 is 0 Å². The number of nitrogens with one attached hydrogen (secondary N) is 1. The van der Waals surface area contributed by atoms with Crippen molar-refractivity contribution in [2.75, 3.05) is 31.5 Å². The SMILES string of the molecule is CCN(CC)CCN(Cc1cccs1)C(=O)Nc1c(C)cccc1OC(F)F. The molecule has 5 nitrogen and oxygen atoms in total. The van der Waals surface area contributed by atoms with Gasteiger partial charge in [0, 0.05) is 18.0 Å². The Morgan fingerprint density at radius 1 is 1.18 bits per heavy atom. The molecule has 0 saturated carbocycles. The molecule has 2 aromatic rings. The van der Waals surface area contributed by atoms with E-state index in [4.69, 9.17) is 0 Å². The first-order valence-electron chi connectivity index (χ1n) is 9.29. The summed E-state index contributed by atoms with van der Waals surface area (Å²) in [5.41, 5.74) is 0.929. The average molecular weight is 412 g/mol. The van der Waals surface area contributed by atoms with Gasteiger partial charge in [0.15, 0.2) is 0 Å². The first-order chi connectivity index (χ1) is 13.4. The molecule has 2 rings (SSSR count). The largest absolute Gasteiger partial charge is 0.433 e. The molecule has 154 valence electrons. The van der Waals surface area contributed by atoms with E-state index in [1.807, 2.05) is 17.5 Å². The van der Waals surface area contributed by atoms with Crippen molar-refractivity contribution >= 4 is 23.1 Å². The van der Waals surface area contributed by atoms with Crippen LogP contribution in [0.2, 0.25) is 0 Å². The van der Waals surface area contributed by atoms with Gasteiger partial charge in [0.25, 0.3) is 0 Å². The van der Waals surface area contributed by atoms with Gasteiger partial charge in [0.1, 0.15) is 5.75 Å². The number of urea groups is 1. The Morgan fingerprint density at radius 2 is 1.93 bits per heavy atom. The molecule has 0 spiro atoms. The monoisotopic (exact) mass is 411 g/mol. The standard InChI is InChI=1S/C20H27F2N3O2S/c1-4-24(5-2)11-12-25(14-16-9-7-13-28-16)20(26)23-18-15(3)8-6-10-17(18)27-19(21)22/h6-10,13,19H,4-5,11-12,14H2,1-3H3,(H,23,26). The summed E-state index contributed by atoms with van der Waals surface area (Å²) in [6.07, 6.45) is 0. The van der Waals surface area contributed by atoms with Crippen molar-refractivity contribution in [3.63, 3.8) is 0 Å². The first-order valence-corrected chi connectivity index (χ1v) is 10.2. The minimum absolute atomic E-state index is 0.0387. The molecule has 1 N–H and O–H groups in total. The summed E-state index contributed by atoms with van der Waals surface area (Å²) in [5, 5.41) is 4.74. The number of hydrogen-bond acceptors (Lipinski definition) is 4. The minimum Gasteiger partial charge on any atom is -0.433 e. The maximum Gasteiger partial charge on any atom is 0.387 e. The highest BCUT2D eigenvalue weighted by Gasteiger charge is 2.19. The number of benzene rings is 1. The van der Waals surface area contributed by atoms with Gasteiger partial charge in [-0.3, -0.25) is 0 Å². The van der Waals surface area contributed by atoms with Crippen LogP contribution in [-0.2, 0) is 6.54 Å². The predicted octanol–water partition coefficient (Wildman–Crippen LogP) is 5.03. The predicted molar refractivity (Wildman–Crippen MR) is 109 cm³/mol. The number of aryl methyl sites for hydroxylation is 1. The quantitative estimate of drug-likeness (QED) is 0.596. The van der Waals surface area contributed by atoms with Gasteiger partial charge in [-0.1, -0.05) is 32.0 Å². The summed E-state index contributed by atoms with van der Waals surface area (Å²) in [5.74, 6) is -0.0387. The van der Waals surface area contributed by atoms with Crippen LogP contribution < -0.4 is 10.1 Å². The number of carbonyl (C=O) groups is 1. The van der Waals surface area contributed by atoms with Crippen LogP contribution in [0.5, 0.6) is 5.75 Å². The Bertz CT molecular complexity index is 737.